The summed E-state index contributed by atoms with van der Waals surface area (Å²) in [5.41, 5.74) is 0. The Hall–Kier alpha value is 0.200. The molecule has 2 aliphatic rings. The third kappa shape index (κ3) is 1.85. The second-order valence-corrected chi connectivity index (χ2v) is 6.14. The van der Waals surface area contributed by atoms with E-state index in [1.807, 2.05) is 0 Å². The first-order valence-electron chi connectivity index (χ1n) is 5.22. The Morgan fingerprint density at radius 3 is 2.38 bits per heavy atom. The highest BCUT2D eigenvalue weighted by Gasteiger charge is 2.39. The fourth-order valence-electron chi connectivity index (χ4n) is 2.44. The molecule has 1 aliphatic heterocycles. The summed E-state index contributed by atoms with van der Waals surface area (Å²) in [7, 11) is 0. The maximum atomic E-state index is 11.6. The van der Waals surface area contributed by atoms with Crippen LogP contribution in [0.2, 0.25) is 0 Å². The molecule has 0 unspecified atom stereocenters. The van der Waals surface area contributed by atoms with Crippen molar-refractivity contribution in [1.29, 1.82) is 0 Å². The summed E-state index contributed by atoms with van der Waals surface area (Å²) in [6.07, 6.45) is 8.22. The molecule has 1 aliphatic carbocycles. The lowest BCUT2D eigenvalue weighted by atomic mass is 9.94. The minimum Gasteiger partial charge on any atom is -0.328 e. The normalized spacial score (nSPS) is 28.1. The van der Waals surface area contributed by atoms with Gasteiger partial charge in [0.15, 0.2) is 0 Å². The van der Waals surface area contributed by atoms with E-state index in [0.717, 1.165) is 19.4 Å². The average molecular weight is 293 g/mol. The van der Waals surface area contributed by atoms with E-state index >= 15 is 0 Å². The minimum atomic E-state index is 0.184. The number of alkyl halides is 1. The molecule has 2 nitrogen and oxygen atoms in total. The van der Waals surface area contributed by atoms with E-state index in [1.165, 1.54) is 32.1 Å². The number of halogens is 1. The summed E-state index contributed by atoms with van der Waals surface area (Å²) in [4.78, 5) is 13.7. The monoisotopic (exact) mass is 293 g/mol. The zero-order valence-electron chi connectivity index (χ0n) is 7.89. The highest BCUT2D eigenvalue weighted by molar-refractivity contribution is 14.1. The Morgan fingerprint density at radius 1 is 1.15 bits per heavy atom. The molecule has 1 saturated carbocycles. The second-order valence-electron chi connectivity index (χ2n) is 4.13. The molecule has 0 spiro atoms. The van der Waals surface area contributed by atoms with Crippen molar-refractivity contribution >= 4 is 28.5 Å². The number of rotatable bonds is 1. The van der Waals surface area contributed by atoms with Crippen LogP contribution in [0.4, 0.5) is 0 Å². The number of carbonyl (C=O) groups is 1. The van der Waals surface area contributed by atoms with E-state index in [1.54, 1.807) is 0 Å². The molecule has 0 bridgehead atoms. The van der Waals surface area contributed by atoms with Crippen molar-refractivity contribution in [1.82, 2.24) is 4.90 Å². The van der Waals surface area contributed by atoms with Crippen molar-refractivity contribution < 1.29 is 4.79 Å². The quantitative estimate of drug-likeness (QED) is 0.413. The molecule has 1 amide bonds. The maximum absolute atomic E-state index is 11.6. The van der Waals surface area contributed by atoms with Crippen molar-refractivity contribution in [2.75, 3.05) is 6.54 Å². The van der Waals surface area contributed by atoms with Gasteiger partial charge in [0.1, 0.15) is 0 Å². The summed E-state index contributed by atoms with van der Waals surface area (Å²) in [6.45, 7) is 1.00. The van der Waals surface area contributed by atoms with E-state index in [2.05, 4.69) is 27.5 Å². The number of hydrogen-bond donors (Lipinski definition) is 0. The Morgan fingerprint density at radius 2 is 1.85 bits per heavy atom. The fourth-order valence-corrected chi connectivity index (χ4v) is 3.71. The molecule has 0 atom stereocenters. The fraction of sp³-hybridized carbons (Fsp3) is 0.900. The van der Waals surface area contributed by atoms with Crippen LogP contribution in [-0.4, -0.2) is 20.9 Å². The first kappa shape index (κ1) is 9.74. The zero-order valence-corrected chi connectivity index (χ0v) is 10.0. The summed E-state index contributed by atoms with van der Waals surface area (Å²) in [5, 5.41) is 0. The Balaban J connectivity index is 2.07. The molecule has 2 rings (SSSR count). The third-order valence-electron chi connectivity index (χ3n) is 3.18. The molecule has 74 valence electrons. The van der Waals surface area contributed by atoms with Crippen molar-refractivity contribution in [3.05, 3.63) is 0 Å². The number of nitrogens with zero attached hydrogens (tertiary/aromatic N) is 1. The van der Waals surface area contributed by atoms with E-state index in [0.29, 0.717) is 5.91 Å². The van der Waals surface area contributed by atoms with Crippen molar-refractivity contribution in [3.63, 3.8) is 0 Å². The van der Waals surface area contributed by atoms with Crippen LogP contribution < -0.4 is 0 Å². The van der Waals surface area contributed by atoms with Gasteiger partial charge in [-0.3, -0.25) is 4.79 Å². The molecule has 0 aromatic heterocycles. The first-order chi connectivity index (χ1) is 6.22. The van der Waals surface area contributed by atoms with Crippen molar-refractivity contribution in [2.24, 2.45) is 0 Å². The SMILES string of the molecule is O=C1CCCN1C1(I)CCCCC1. The second kappa shape index (κ2) is 3.75. The van der Waals surface area contributed by atoms with Gasteiger partial charge in [0.25, 0.3) is 0 Å². The van der Waals surface area contributed by atoms with E-state index in [-0.39, 0.29) is 3.55 Å². The van der Waals surface area contributed by atoms with Gasteiger partial charge < -0.3 is 4.90 Å². The van der Waals surface area contributed by atoms with Gasteiger partial charge in [-0.1, -0.05) is 41.9 Å². The van der Waals surface area contributed by atoms with Gasteiger partial charge in [0, 0.05) is 13.0 Å². The molecular formula is C10H16INO. The summed E-state index contributed by atoms with van der Waals surface area (Å²) < 4.78 is 0.184. The molecule has 2 fully saturated rings. The number of hydrogen-bond acceptors (Lipinski definition) is 1. The summed E-state index contributed by atoms with van der Waals surface area (Å²) >= 11 is 2.51. The zero-order chi connectivity index (χ0) is 9.31. The van der Waals surface area contributed by atoms with Crippen LogP contribution >= 0.6 is 22.6 Å². The maximum Gasteiger partial charge on any atom is 0.223 e. The first-order valence-corrected chi connectivity index (χ1v) is 6.30. The summed E-state index contributed by atoms with van der Waals surface area (Å²) in [5.74, 6) is 0.385. The number of likely N-dealkylation sites (tertiary alicyclic amines) is 1. The van der Waals surface area contributed by atoms with Crippen molar-refractivity contribution in [3.8, 4) is 0 Å². The molecule has 1 saturated heterocycles. The standard InChI is InChI=1S/C10H16INO/c11-10(6-2-1-3-7-10)12-8-4-5-9(12)13/h1-8H2. The van der Waals surface area contributed by atoms with E-state index < -0.39 is 0 Å². The van der Waals surface area contributed by atoms with Gasteiger partial charge in [0.2, 0.25) is 5.91 Å². The van der Waals surface area contributed by atoms with Gasteiger partial charge in [-0.25, -0.2) is 0 Å². The lowest BCUT2D eigenvalue weighted by Gasteiger charge is -2.40. The number of amides is 1. The largest absolute Gasteiger partial charge is 0.328 e. The highest BCUT2D eigenvalue weighted by Crippen LogP contribution is 2.41. The highest BCUT2D eigenvalue weighted by atomic mass is 127. The predicted octanol–water partition coefficient (Wildman–Crippen LogP) is 2.70. The predicted molar refractivity (Wildman–Crippen MR) is 60.8 cm³/mol. The lowest BCUT2D eigenvalue weighted by molar-refractivity contribution is -0.130. The van der Waals surface area contributed by atoms with Gasteiger partial charge in [-0.15, -0.1) is 0 Å². The van der Waals surface area contributed by atoms with Crippen molar-refractivity contribution in [2.45, 2.75) is 48.5 Å². The van der Waals surface area contributed by atoms with E-state index in [9.17, 15) is 4.79 Å². The topological polar surface area (TPSA) is 20.3 Å². The van der Waals surface area contributed by atoms with Crippen LogP contribution in [0.1, 0.15) is 44.9 Å². The van der Waals surface area contributed by atoms with Gasteiger partial charge in [-0.05, 0) is 19.3 Å². The molecule has 3 heteroatoms. The lowest BCUT2D eigenvalue weighted by Crippen LogP contribution is -2.45. The van der Waals surface area contributed by atoms with Gasteiger partial charge in [-0.2, -0.15) is 0 Å². The van der Waals surface area contributed by atoms with Crippen LogP contribution in [0.15, 0.2) is 0 Å². The molecular weight excluding hydrogens is 277 g/mol. The average Bonchev–Trinajstić information content (AvgIpc) is 2.53. The van der Waals surface area contributed by atoms with Gasteiger partial charge in [0.05, 0.1) is 3.55 Å². The van der Waals surface area contributed by atoms with Crippen LogP contribution in [-0.2, 0) is 4.79 Å². The van der Waals surface area contributed by atoms with E-state index in [4.69, 9.17) is 0 Å². The van der Waals surface area contributed by atoms with Crippen LogP contribution in [0.5, 0.6) is 0 Å². The Kier molecular flexibility index (Phi) is 2.81. The molecule has 13 heavy (non-hydrogen) atoms. The van der Waals surface area contributed by atoms with Crippen LogP contribution in [0, 0.1) is 0 Å². The Bertz CT molecular complexity index is 211. The minimum absolute atomic E-state index is 0.184. The molecule has 0 N–H and O–H groups in total. The molecule has 0 aromatic rings. The molecule has 0 aromatic carbocycles. The third-order valence-corrected chi connectivity index (χ3v) is 4.84. The van der Waals surface area contributed by atoms with Crippen LogP contribution in [0.3, 0.4) is 0 Å². The molecule has 1 heterocycles. The van der Waals surface area contributed by atoms with Gasteiger partial charge >= 0.3 is 0 Å². The van der Waals surface area contributed by atoms with Crippen LogP contribution in [0.25, 0.3) is 0 Å². The smallest absolute Gasteiger partial charge is 0.223 e. The molecule has 0 radical (unpaired) electrons. The summed E-state index contributed by atoms with van der Waals surface area (Å²) in [6, 6.07) is 0. The Labute approximate surface area is 93.2 Å². The number of carbonyl (C=O) groups excluding carboxylic acids is 1.